The fourth-order valence-electron chi connectivity index (χ4n) is 3.12. The van der Waals surface area contributed by atoms with Crippen LogP contribution >= 0.6 is 0 Å². The minimum atomic E-state index is -0.220. The van der Waals surface area contributed by atoms with Crippen molar-refractivity contribution in [2.24, 2.45) is 0 Å². The summed E-state index contributed by atoms with van der Waals surface area (Å²) in [5.74, 6) is 0.905. The molecule has 25 heavy (non-hydrogen) atoms. The summed E-state index contributed by atoms with van der Waals surface area (Å²) in [6, 6.07) is 15.7. The van der Waals surface area contributed by atoms with Crippen molar-refractivity contribution in [1.29, 1.82) is 0 Å². The number of benzene rings is 2. The minimum absolute atomic E-state index is 0.0690. The maximum Gasteiger partial charge on any atom is 0.257 e. The van der Waals surface area contributed by atoms with Crippen molar-refractivity contribution >= 4 is 11.6 Å². The first kappa shape index (κ1) is 17.3. The number of carbonyl (C=O) groups is 1. The standard InChI is InChI=1S/C21H26N2O2/c1-4-14-23-20(22-18-12-8-6-10-16(18)21(23)24)17-11-7-9-13-19(17)25-15(3)5-2/h6-13,15,20,22H,4-5,14H2,1-3H3. The second kappa shape index (κ2) is 7.60. The summed E-state index contributed by atoms with van der Waals surface area (Å²) < 4.78 is 6.12. The lowest BCUT2D eigenvalue weighted by Crippen LogP contribution is -2.43. The van der Waals surface area contributed by atoms with Crippen LogP contribution in [0.4, 0.5) is 5.69 Å². The predicted molar refractivity (Wildman–Crippen MR) is 101 cm³/mol. The van der Waals surface area contributed by atoms with Gasteiger partial charge in [0.25, 0.3) is 5.91 Å². The van der Waals surface area contributed by atoms with Gasteiger partial charge in [0.15, 0.2) is 0 Å². The van der Waals surface area contributed by atoms with E-state index in [4.69, 9.17) is 4.74 Å². The van der Waals surface area contributed by atoms with Crippen molar-refractivity contribution in [2.75, 3.05) is 11.9 Å². The van der Waals surface area contributed by atoms with Crippen molar-refractivity contribution in [3.63, 3.8) is 0 Å². The van der Waals surface area contributed by atoms with Crippen LogP contribution in [0.5, 0.6) is 5.75 Å². The number of nitrogens with one attached hydrogen (secondary N) is 1. The Bertz CT molecular complexity index is 744. The Morgan fingerprint density at radius 1 is 1.12 bits per heavy atom. The van der Waals surface area contributed by atoms with Crippen LogP contribution < -0.4 is 10.1 Å². The smallest absolute Gasteiger partial charge is 0.257 e. The van der Waals surface area contributed by atoms with E-state index in [2.05, 4.69) is 26.1 Å². The Morgan fingerprint density at radius 2 is 1.84 bits per heavy atom. The minimum Gasteiger partial charge on any atom is -0.490 e. The van der Waals surface area contributed by atoms with Crippen molar-refractivity contribution in [3.05, 3.63) is 59.7 Å². The van der Waals surface area contributed by atoms with Gasteiger partial charge >= 0.3 is 0 Å². The van der Waals surface area contributed by atoms with Crippen molar-refractivity contribution < 1.29 is 9.53 Å². The monoisotopic (exact) mass is 338 g/mol. The van der Waals surface area contributed by atoms with Crippen LogP contribution in [-0.2, 0) is 0 Å². The highest BCUT2D eigenvalue weighted by Gasteiger charge is 2.33. The fraction of sp³-hybridized carbons (Fsp3) is 0.381. The number of carbonyl (C=O) groups excluding carboxylic acids is 1. The van der Waals surface area contributed by atoms with Gasteiger partial charge in [0.2, 0.25) is 0 Å². The number of ether oxygens (including phenoxy) is 1. The molecular formula is C21H26N2O2. The first-order valence-electron chi connectivity index (χ1n) is 9.07. The molecule has 2 aromatic carbocycles. The summed E-state index contributed by atoms with van der Waals surface area (Å²) >= 11 is 0. The van der Waals surface area contributed by atoms with E-state index in [0.717, 1.165) is 35.4 Å². The van der Waals surface area contributed by atoms with Gasteiger partial charge in [-0.1, -0.05) is 44.2 Å². The summed E-state index contributed by atoms with van der Waals surface area (Å²) in [6.07, 6.45) is 1.75. The molecule has 0 fully saturated rings. The maximum atomic E-state index is 13.0. The summed E-state index contributed by atoms with van der Waals surface area (Å²) in [5.41, 5.74) is 2.61. The lowest BCUT2D eigenvalue weighted by molar-refractivity contribution is 0.0679. The molecule has 1 aliphatic heterocycles. The second-order valence-corrected chi connectivity index (χ2v) is 6.47. The second-order valence-electron chi connectivity index (χ2n) is 6.47. The highest BCUT2D eigenvalue weighted by atomic mass is 16.5. The molecule has 1 heterocycles. The molecule has 0 saturated carbocycles. The zero-order valence-corrected chi connectivity index (χ0v) is 15.2. The summed E-state index contributed by atoms with van der Waals surface area (Å²) in [5, 5.41) is 3.54. The predicted octanol–water partition coefficient (Wildman–Crippen LogP) is 4.84. The molecule has 1 aliphatic rings. The van der Waals surface area contributed by atoms with Gasteiger partial charge < -0.3 is 15.0 Å². The topological polar surface area (TPSA) is 41.6 Å². The van der Waals surface area contributed by atoms with Crippen LogP contribution in [0.15, 0.2) is 48.5 Å². The molecule has 3 rings (SSSR count). The van der Waals surface area contributed by atoms with Crippen LogP contribution in [0.3, 0.4) is 0 Å². The van der Waals surface area contributed by atoms with Gasteiger partial charge in [0, 0.05) is 17.8 Å². The van der Waals surface area contributed by atoms with Crippen molar-refractivity contribution in [2.45, 2.75) is 45.9 Å². The van der Waals surface area contributed by atoms with Gasteiger partial charge in [-0.2, -0.15) is 0 Å². The average molecular weight is 338 g/mol. The molecular weight excluding hydrogens is 312 g/mol. The number of para-hydroxylation sites is 2. The highest BCUT2D eigenvalue weighted by molar-refractivity contribution is 6.01. The third kappa shape index (κ3) is 3.48. The van der Waals surface area contributed by atoms with Crippen LogP contribution in [0, 0.1) is 0 Å². The lowest BCUT2D eigenvalue weighted by atomic mass is 10.0. The zero-order chi connectivity index (χ0) is 17.8. The summed E-state index contributed by atoms with van der Waals surface area (Å²) in [6.45, 7) is 6.96. The van der Waals surface area contributed by atoms with Crippen LogP contribution in [0.2, 0.25) is 0 Å². The molecule has 0 aromatic heterocycles. The molecule has 4 nitrogen and oxygen atoms in total. The number of hydrogen-bond acceptors (Lipinski definition) is 3. The van der Waals surface area contributed by atoms with Crippen LogP contribution in [0.1, 0.15) is 55.7 Å². The number of hydrogen-bond donors (Lipinski definition) is 1. The normalized spacial score (nSPS) is 17.6. The summed E-state index contributed by atoms with van der Waals surface area (Å²) in [7, 11) is 0. The van der Waals surface area contributed by atoms with Gasteiger partial charge in [-0.3, -0.25) is 4.79 Å². The Labute approximate surface area is 149 Å². The van der Waals surface area contributed by atoms with Gasteiger partial charge in [-0.05, 0) is 38.0 Å². The molecule has 2 unspecified atom stereocenters. The van der Waals surface area contributed by atoms with E-state index >= 15 is 0 Å². The van der Waals surface area contributed by atoms with E-state index < -0.39 is 0 Å². The number of fused-ring (bicyclic) bond motifs is 1. The Balaban J connectivity index is 2.02. The zero-order valence-electron chi connectivity index (χ0n) is 15.2. The third-order valence-electron chi connectivity index (χ3n) is 4.60. The third-order valence-corrected chi connectivity index (χ3v) is 4.60. The van der Waals surface area contributed by atoms with Gasteiger partial charge in [0.1, 0.15) is 11.9 Å². The highest BCUT2D eigenvalue weighted by Crippen LogP contribution is 2.37. The van der Waals surface area contributed by atoms with Crippen LogP contribution in [0.25, 0.3) is 0 Å². The molecule has 0 bridgehead atoms. The van der Waals surface area contributed by atoms with Gasteiger partial charge in [-0.25, -0.2) is 0 Å². The number of anilines is 1. The van der Waals surface area contributed by atoms with E-state index in [0.29, 0.717) is 6.54 Å². The first-order valence-corrected chi connectivity index (χ1v) is 9.07. The van der Waals surface area contributed by atoms with Gasteiger partial charge in [-0.15, -0.1) is 0 Å². The molecule has 132 valence electrons. The number of nitrogens with zero attached hydrogens (tertiary/aromatic N) is 1. The fourth-order valence-corrected chi connectivity index (χ4v) is 3.12. The van der Waals surface area contributed by atoms with E-state index in [9.17, 15) is 4.79 Å². The SMILES string of the molecule is CCCN1C(=O)c2ccccc2NC1c1ccccc1OC(C)CC. The summed E-state index contributed by atoms with van der Waals surface area (Å²) in [4.78, 5) is 14.9. The quantitative estimate of drug-likeness (QED) is 0.819. The Kier molecular flexibility index (Phi) is 5.27. The molecule has 0 radical (unpaired) electrons. The largest absolute Gasteiger partial charge is 0.490 e. The Morgan fingerprint density at radius 3 is 2.60 bits per heavy atom. The van der Waals surface area contributed by atoms with Crippen molar-refractivity contribution in [1.82, 2.24) is 4.90 Å². The molecule has 0 aliphatic carbocycles. The Hall–Kier alpha value is -2.49. The maximum absolute atomic E-state index is 13.0. The van der Waals surface area contributed by atoms with Crippen molar-refractivity contribution in [3.8, 4) is 5.75 Å². The molecule has 1 amide bonds. The molecule has 0 spiro atoms. The van der Waals surface area contributed by atoms with Gasteiger partial charge in [0.05, 0.1) is 11.7 Å². The van der Waals surface area contributed by atoms with E-state index in [1.54, 1.807) is 0 Å². The molecule has 1 N–H and O–H groups in total. The molecule has 4 heteroatoms. The van der Waals surface area contributed by atoms with E-state index in [1.165, 1.54) is 0 Å². The van der Waals surface area contributed by atoms with E-state index in [-0.39, 0.29) is 18.2 Å². The van der Waals surface area contributed by atoms with Crippen LogP contribution in [-0.4, -0.2) is 23.5 Å². The molecule has 0 saturated heterocycles. The molecule has 2 aromatic rings. The number of amides is 1. The number of rotatable bonds is 6. The first-order chi connectivity index (χ1) is 12.2. The lowest BCUT2D eigenvalue weighted by Gasteiger charge is -2.38. The average Bonchev–Trinajstić information content (AvgIpc) is 2.64. The van der Waals surface area contributed by atoms with E-state index in [1.807, 2.05) is 53.4 Å². The molecule has 2 atom stereocenters.